The molecule has 0 saturated carbocycles. The SMILES string of the molecule is CNC(C)c1cc(C)c(Br)s1. The van der Waals surface area contributed by atoms with Gasteiger partial charge in [-0.1, -0.05) is 0 Å². The highest BCUT2D eigenvalue weighted by Crippen LogP contribution is 2.30. The highest BCUT2D eigenvalue weighted by Gasteiger charge is 2.07. The third-order valence-electron chi connectivity index (χ3n) is 1.74. The van der Waals surface area contributed by atoms with Gasteiger partial charge in [0.1, 0.15) is 0 Å². The Balaban J connectivity index is 2.88. The molecular formula is C8H12BrNS. The highest BCUT2D eigenvalue weighted by molar-refractivity contribution is 9.11. The topological polar surface area (TPSA) is 12.0 Å². The molecule has 62 valence electrons. The Morgan fingerprint density at radius 3 is 2.64 bits per heavy atom. The van der Waals surface area contributed by atoms with Gasteiger partial charge < -0.3 is 5.32 Å². The molecule has 1 nitrogen and oxygen atoms in total. The maximum atomic E-state index is 3.50. The second-order valence-corrected chi connectivity index (χ2v) is 5.02. The molecule has 1 N–H and O–H groups in total. The van der Waals surface area contributed by atoms with E-state index in [0.717, 1.165) is 0 Å². The van der Waals surface area contributed by atoms with Gasteiger partial charge in [0.05, 0.1) is 3.79 Å². The smallest absolute Gasteiger partial charge is 0.0731 e. The number of nitrogens with one attached hydrogen (secondary N) is 1. The first-order valence-corrected chi connectivity index (χ1v) is 5.19. The lowest BCUT2D eigenvalue weighted by Gasteiger charge is -2.05. The molecule has 1 rings (SSSR count). The van der Waals surface area contributed by atoms with Crippen LogP contribution in [0.5, 0.6) is 0 Å². The van der Waals surface area contributed by atoms with Gasteiger partial charge in [-0.3, -0.25) is 0 Å². The first-order valence-electron chi connectivity index (χ1n) is 3.58. The van der Waals surface area contributed by atoms with Crippen LogP contribution in [0.2, 0.25) is 0 Å². The minimum absolute atomic E-state index is 0.463. The molecular weight excluding hydrogens is 222 g/mol. The summed E-state index contributed by atoms with van der Waals surface area (Å²) < 4.78 is 1.25. The Morgan fingerprint density at radius 1 is 1.64 bits per heavy atom. The minimum atomic E-state index is 0.463. The van der Waals surface area contributed by atoms with Crippen molar-refractivity contribution in [2.75, 3.05) is 7.05 Å². The number of hydrogen-bond acceptors (Lipinski definition) is 2. The second-order valence-electron chi connectivity index (χ2n) is 2.62. The van der Waals surface area contributed by atoms with Crippen molar-refractivity contribution in [2.45, 2.75) is 19.9 Å². The van der Waals surface area contributed by atoms with Gasteiger partial charge in [0.2, 0.25) is 0 Å². The summed E-state index contributed by atoms with van der Waals surface area (Å²) in [7, 11) is 1.98. The van der Waals surface area contributed by atoms with Crippen LogP contribution in [0.15, 0.2) is 9.85 Å². The van der Waals surface area contributed by atoms with Crippen LogP contribution in [0.4, 0.5) is 0 Å². The standard InChI is InChI=1S/C8H12BrNS/c1-5-4-7(6(2)10-3)11-8(5)9/h4,6,10H,1-3H3. The molecule has 0 radical (unpaired) electrons. The van der Waals surface area contributed by atoms with E-state index in [4.69, 9.17) is 0 Å². The molecule has 11 heavy (non-hydrogen) atoms. The maximum absolute atomic E-state index is 3.50. The van der Waals surface area contributed by atoms with Crippen LogP contribution in [0, 0.1) is 6.92 Å². The third kappa shape index (κ3) is 2.04. The lowest BCUT2D eigenvalue weighted by molar-refractivity contribution is 0.664. The fourth-order valence-corrected chi connectivity index (χ4v) is 2.47. The number of halogens is 1. The van der Waals surface area contributed by atoms with Gasteiger partial charge in [0.25, 0.3) is 0 Å². The van der Waals surface area contributed by atoms with Crippen LogP contribution in [0.25, 0.3) is 0 Å². The molecule has 1 unspecified atom stereocenters. The van der Waals surface area contributed by atoms with Crippen molar-refractivity contribution in [3.8, 4) is 0 Å². The second kappa shape index (κ2) is 3.70. The number of aryl methyl sites for hydroxylation is 1. The Bertz CT molecular complexity index is 225. The van der Waals surface area contributed by atoms with Crippen molar-refractivity contribution < 1.29 is 0 Å². The molecule has 0 amide bonds. The summed E-state index contributed by atoms with van der Waals surface area (Å²) in [5, 5.41) is 3.21. The summed E-state index contributed by atoms with van der Waals surface area (Å²) in [4.78, 5) is 1.39. The average Bonchev–Trinajstić information content (AvgIpc) is 2.31. The van der Waals surface area contributed by atoms with Crippen LogP contribution < -0.4 is 5.32 Å². The monoisotopic (exact) mass is 233 g/mol. The van der Waals surface area contributed by atoms with Gasteiger partial charge in [-0.05, 0) is 48.5 Å². The van der Waals surface area contributed by atoms with Gasteiger partial charge in [0, 0.05) is 10.9 Å². The number of thiophene rings is 1. The molecule has 0 bridgehead atoms. The predicted octanol–water partition coefficient (Wildman–Crippen LogP) is 3.10. The van der Waals surface area contributed by atoms with Crippen molar-refractivity contribution in [2.24, 2.45) is 0 Å². The first kappa shape index (κ1) is 9.23. The predicted molar refractivity (Wildman–Crippen MR) is 54.2 cm³/mol. The summed E-state index contributed by atoms with van der Waals surface area (Å²) in [6, 6.07) is 2.68. The van der Waals surface area contributed by atoms with E-state index in [-0.39, 0.29) is 0 Å². The Hall–Kier alpha value is 0.140. The summed E-state index contributed by atoms with van der Waals surface area (Å²) in [5.41, 5.74) is 1.33. The fraction of sp³-hybridized carbons (Fsp3) is 0.500. The van der Waals surface area contributed by atoms with E-state index in [9.17, 15) is 0 Å². The van der Waals surface area contributed by atoms with Gasteiger partial charge in [-0.2, -0.15) is 0 Å². The van der Waals surface area contributed by atoms with E-state index in [1.165, 1.54) is 14.2 Å². The van der Waals surface area contributed by atoms with E-state index in [1.54, 1.807) is 11.3 Å². The largest absolute Gasteiger partial charge is 0.313 e. The van der Waals surface area contributed by atoms with Crippen LogP contribution in [-0.2, 0) is 0 Å². The molecule has 1 heterocycles. The first-order chi connectivity index (χ1) is 5.15. The van der Waals surface area contributed by atoms with E-state index >= 15 is 0 Å². The van der Waals surface area contributed by atoms with Crippen LogP contribution >= 0.6 is 27.3 Å². The van der Waals surface area contributed by atoms with Crippen molar-refractivity contribution in [3.05, 3.63) is 20.3 Å². The maximum Gasteiger partial charge on any atom is 0.0731 e. The van der Waals surface area contributed by atoms with Crippen molar-refractivity contribution in [3.63, 3.8) is 0 Å². The normalized spacial score (nSPS) is 13.5. The summed E-state index contributed by atoms with van der Waals surface area (Å²) in [6.45, 7) is 4.28. The zero-order valence-electron chi connectivity index (χ0n) is 6.94. The Labute approximate surface area is 79.9 Å². The molecule has 0 spiro atoms. The lowest BCUT2D eigenvalue weighted by atomic mass is 10.2. The molecule has 0 aliphatic heterocycles. The van der Waals surface area contributed by atoms with Gasteiger partial charge in [0.15, 0.2) is 0 Å². The lowest BCUT2D eigenvalue weighted by Crippen LogP contribution is -2.10. The van der Waals surface area contributed by atoms with Crippen LogP contribution in [-0.4, -0.2) is 7.05 Å². The van der Waals surface area contributed by atoms with E-state index in [1.807, 2.05) is 7.05 Å². The molecule has 1 atom stereocenters. The number of hydrogen-bond donors (Lipinski definition) is 1. The van der Waals surface area contributed by atoms with Gasteiger partial charge in [-0.25, -0.2) is 0 Å². The van der Waals surface area contributed by atoms with Crippen molar-refractivity contribution >= 4 is 27.3 Å². The van der Waals surface area contributed by atoms with Crippen LogP contribution in [0.3, 0.4) is 0 Å². The molecule has 0 fully saturated rings. The van der Waals surface area contributed by atoms with Gasteiger partial charge in [-0.15, -0.1) is 11.3 Å². The number of rotatable bonds is 2. The zero-order chi connectivity index (χ0) is 8.43. The minimum Gasteiger partial charge on any atom is -0.313 e. The zero-order valence-corrected chi connectivity index (χ0v) is 9.34. The van der Waals surface area contributed by atoms with E-state index < -0.39 is 0 Å². The molecule has 1 aromatic heterocycles. The highest BCUT2D eigenvalue weighted by atomic mass is 79.9. The fourth-order valence-electron chi connectivity index (χ4n) is 0.839. The molecule has 0 aliphatic carbocycles. The summed E-state index contributed by atoms with van der Waals surface area (Å²) >= 11 is 5.31. The van der Waals surface area contributed by atoms with Crippen molar-refractivity contribution in [1.82, 2.24) is 5.32 Å². The quantitative estimate of drug-likeness (QED) is 0.829. The summed E-state index contributed by atoms with van der Waals surface area (Å²) in [5.74, 6) is 0. The Morgan fingerprint density at radius 2 is 2.27 bits per heavy atom. The van der Waals surface area contributed by atoms with E-state index in [2.05, 4.69) is 41.2 Å². The average molecular weight is 234 g/mol. The molecule has 0 aromatic carbocycles. The summed E-state index contributed by atoms with van der Waals surface area (Å²) in [6.07, 6.45) is 0. The molecule has 0 saturated heterocycles. The third-order valence-corrected chi connectivity index (χ3v) is 4.06. The van der Waals surface area contributed by atoms with Crippen LogP contribution in [0.1, 0.15) is 23.4 Å². The molecule has 1 aromatic rings. The molecule has 0 aliphatic rings. The Kier molecular flexibility index (Phi) is 3.10. The molecule has 3 heteroatoms. The van der Waals surface area contributed by atoms with Crippen molar-refractivity contribution in [1.29, 1.82) is 0 Å². The van der Waals surface area contributed by atoms with E-state index in [0.29, 0.717) is 6.04 Å². The van der Waals surface area contributed by atoms with Gasteiger partial charge >= 0.3 is 0 Å².